The third kappa shape index (κ3) is 3.86. The summed E-state index contributed by atoms with van der Waals surface area (Å²) in [5.41, 5.74) is 2.97. The summed E-state index contributed by atoms with van der Waals surface area (Å²) in [7, 11) is -2.41. The van der Waals surface area contributed by atoms with Crippen molar-refractivity contribution in [3.8, 4) is 22.8 Å². The normalized spacial score (nSPS) is 11.3. The van der Waals surface area contributed by atoms with Crippen LogP contribution in [0, 0.1) is 0 Å². The van der Waals surface area contributed by atoms with Crippen LogP contribution >= 0.6 is 7.26 Å². The first kappa shape index (κ1) is 22.2. The van der Waals surface area contributed by atoms with Crippen LogP contribution in [0.1, 0.15) is 0 Å². The molecule has 1 aromatic heterocycles. The molecule has 172 valence electrons. The monoisotopic (exact) mass is 482 g/mol. The lowest BCUT2D eigenvalue weighted by Crippen LogP contribution is -2.40. The summed E-state index contributed by atoms with van der Waals surface area (Å²) in [5.74, 6) is 1.45. The number of benzene rings is 5. The molecule has 1 heterocycles. The highest BCUT2D eigenvalue weighted by Crippen LogP contribution is 2.56. The van der Waals surface area contributed by atoms with E-state index in [1.807, 2.05) is 24.3 Å². The van der Waals surface area contributed by atoms with Crippen molar-refractivity contribution in [1.82, 2.24) is 4.98 Å². The first-order valence-corrected chi connectivity index (χ1v) is 13.8. The molecule has 0 aliphatic heterocycles. The molecular weight excluding hydrogens is 457 g/mol. The average molecular weight is 483 g/mol. The van der Waals surface area contributed by atoms with E-state index in [-0.39, 0.29) is 0 Å². The molecule has 0 fully saturated rings. The molecule has 0 saturated heterocycles. The standard InChI is InChI=1S/C33H25NOP/c1-6-16-26(17-7-1)31-33(34-32(35-31)27-18-8-2-9-19-27)36(28-20-10-3-11-21-28,29-22-12-4-13-23-29)30-24-14-5-15-25-30/h1-25H/q+1. The van der Waals surface area contributed by atoms with Crippen molar-refractivity contribution in [1.29, 1.82) is 0 Å². The minimum absolute atomic E-state index is 0.636. The van der Waals surface area contributed by atoms with Crippen LogP contribution in [0.4, 0.5) is 0 Å². The lowest BCUT2D eigenvalue weighted by atomic mass is 10.2. The summed E-state index contributed by atoms with van der Waals surface area (Å²) in [6.07, 6.45) is 0. The van der Waals surface area contributed by atoms with Gasteiger partial charge in [-0.25, -0.2) is 0 Å². The molecule has 6 rings (SSSR count). The van der Waals surface area contributed by atoms with Crippen molar-refractivity contribution in [3.05, 3.63) is 152 Å². The first-order valence-electron chi connectivity index (χ1n) is 12.1. The lowest BCUT2D eigenvalue weighted by molar-refractivity contribution is 0.589. The number of aromatic nitrogens is 1. The highest BCUT2D eigenvalue weighted by molar-refractivity contribution is 8.01. The Bertz CT molecular complexity index is 1450. The Hall–Kier alpha value is -4.26. The van der Waals surface area contributed by atoms with Gasteiger partial charge in [0.1, 0.15) is 15.9 Å². The Morgan fingerprint density at radius 2 is 0.778 bits per heavy atom. The van der Waals surface area contributed by atoms with Crippen molar-refractivity contribution >= 4 is 28.6 Å². The molecule has 0 spiro atoms. The van der Waals surface area contributed by atoms with Gasteiger partial charge < -0.3 is 4.42 Å². The average Bonchev–Trinajstić information content (AvgIpc) is 3.42. The molecule has 0 saturated carbocycles. The van der Waals surface area contributed by atoms with Crippen LogP contribution in [-0.4, -0.2) is 4.98 Å². The fourth-order valence-electron chi connectivity index (χ4n) is 4.79. The minimum Gasteiger partial charge on any atom is -0.432 e. The molecule has 2 nitrogen and oxygen atoms in total. The van der Waals surface area contributed by atoms with Gasteiger partial charge in [0.2, 0.25) is 11.3 Å². The summed E-state index contributed by atoms with van der Waals surface area (Å²) in [6, 6.07) is 52.9. The topological polar surface area (TPSA) is 26.0 Å². The quantitative estimate of drug-likeness (QED) is 0.249. The predicted molar refractivity (Wildman–Crippen MR) is 152 cm³/mol. The second-order valence-electron chi connectivity index (χ2n) is 8.58. The fourth-order valence-corrected chi connectivity index (χ4v) is 9.00. The molecule has 0 radical (unpaired) electrons. The summed E-state index contributed by atoms with van der Waals surface area (Å²) in [6.45, 7) is 0. The van der Waals surface area contributed by atoms with E-state index in [0.717, 1.165) is 22.3 Å². The van der Waals surface area contributed by atoms with Crippen LogP contribution in [0.25, 0.3) is 22.8 Å². The van der Waals surface area contributed by atoms with Crippen molar-refractivity contribution < 1.29 is 4.42 Å². The SMILES string of the molecule is c1ccc(-c2nc([P+](c3ccccc3)(c3ccccc3)c3ccccc3)c(-c3ccccc3)o2)cc1. The molecule has 0 amide bonds. The summed E-state index contributed by atoms with van der Waals surface area (Å²) in [5, 5.41) is 3.73. The maximum absolute atomic E-state index is 6.67. The molecule has 0 atom stereocenters. The van der Waals surface area contributed by atoms with Crippen LogP contribution in [-0.2, 0) is 0 Å². The van der Waals surface area contributed by atoms with Gasteiger partial charge in [0.15, 0.2) is 13.0 Å². The van der Waals surface area contributed by atoms with Gasteiger partial charge in [0.25, 0.3) is 0 Å². The molecule has 0 N–H and O–H groups in total. The molecule has 3 heteroatoms. The smallest absolute Gasteiger partial charge is 0.245 e. The third-order valence-electron chi connectivity index (χ3n) is 6.41. The number of hydrogen-bond donors (Lipinski definition) is 0. The molecular formula is C33H25NOP+. The van der Waals surface area contributed by atoms with Gasteiger partial charge in [-0.05, 0) is 48.5 Å². The van der Waals surface area contributed by atoms with Gasteiger partial charge >= 0.3 is 0 Å². The first-order chi connectivity index (χ1) is 17.9. The summed E-state index contributed by atoms with van der Waals surface area (Å²) in [4.78, 5) is 5.34. The van der Waals surface area contributed by atoms with E-state index in [2.05, 4.69) is 127 Å². The third-order valence-corrected chi connectivity index (χ3v) is 10.6. The Kier molecular flexibility index (Phi) is 6.03. The van der Waals surface area contributed by atoms with E-state index in [0.29, 0.717) is 5.89 Å². The number of hydrogen-bond acceptors (Lipinski definition) is 2. The van der Waals surface area contributed by atoms with E-state index in [1.54, 1.807) is 0 Å². The van der Waals surface area contributed by atoms with Crippen molar-refractivity contribution in [2.24, 2.45) is 0 Å². The second kappa shape index (κ2) is 9.77. The second-order valence-corrected chi connectivity index (χ2v) is 11.9. The summed E-state index contributed by atoms with van der Waals surface area (Å²) < 4.78 is 6.67. The van der Waals surface area contributed by atoms with E-state index >= 15 is 0 Å². The number of nitrogens with zero attached hydrogens (tertiary/aromatic N) is 1. The minimum atomic E-state index is -2.41. The van der Waals surface area contributed by atoms with Gasteiger partial charge in [0, 0.05) is 11.1 Å². The highest BCUT2D eigenvalue weighted by Gasteiger charge is 2.52. The van der Waals surface area contributed by atoms with Gasteiger partial charge in [-0.2, -0.15) is 4.98 Å². The van der Waals surface area contributed by atoms with Gasteiger partial charge in [-0.15, -0.1) is 0 Å². The Labute approximate surface area is 212 Å². The van der Waals surface area contributed by atoms with Gasteiger partial charge in [-0.1, -0.05) is 103 Å². The van der Waals surface area contributed by atoms with Crippen LogP contribution in [0.5, 0.6) is 0 Å². The fraction of sp³-hybridized carbons (Fsp3) is 0. The van der Waals surface area contributed by atoms with E-state index < -0.39 is 7.26 Å². The Morgan fingerprint density at radius 1 is 0.417 bits per heavy atom. The summed E-state index contributed by atoms with van der Waals surface area (Å²) >= 11 is 0. The maximum Gasteiger partial charge on any atom is 0.245 e. The molecule has 5 aromatic carbocycles. The zero-order valence-electron chi connectivity index (χ0n) is 19.7. The van der Waals surface area contributed by atoms with Crippen LogP contribution < -0.4 is 21.3 Å². The largest absolute Gasteiger partial charge is 0.432 e. The van der Waals surface area contributed by atoms with E-state index in [9.17, 15) is 0 Å². The zero-order valence-corrected chi connectivity index (χ0v) is 20.6. The maximum atomic E-state index is 6.67. The number of oxazole rings is 1. The Morgan fingerprint density at radius 3 is 1.19 bits per heavy atom. The van der Waals surface area contributed by atoms with E-state index in [4.69, 9.17) is 9.40 Å². The molecule has 0 unspecified atom stereocenters. The van der Waals surface area contributed by atoms with Gasteiger partial charge in [0.05, 0.1) is 0 Å². The van der Waals surface area contributed by atoms with E-state index in [1.165, 1.54) is 15.9 Å². The molecule has 0 bridgehead atoms. The zero-order chi connectivity index (χ0) is 24.2. The Balaban J connectivity index is 1.76. The number of rotatable bonds is 6. The molecule has 6 aromatic rings. The van der Waals surface area contributed by atoms with Crippen molar-refractivity contribution in [2.75, 3.05) is 0 Å². The van der Waals surface area contributed by atoms with Gasteiger partial charge in [-0.3, -0.25) is 0 Å². The predicted octanol–water partition coefficient (Wildman–Crippen LogP) is 6.63. The molecule has 36 heavy (non-hydrogen) atoms. The molecule has 0 aliphatic carbocycles. The van der Waals surface area contributed by atoms with Crippen molar-refractivity contribution in [2.45, 2.75) is 0 Å². The van der Waals surface area contributed by atoms with Crippen molar-refractivity contribution in [3.63, 3.8) is 0 Å². The highest BCUT2D eigenvalue weighted by atomic mass is 31.2. The van der Waals surface area contributed by atoms with Crippen LogP contribution in [0.3, 0.4) is 0 Å². The molecule has 0 aliphatic rings. The van der Waals surface area contributed by atoms with Crippen LogP contribution in [0.2, 0.25) is 0 Å². The lowest BCUT2D eigenvalue weighted by Gasteiger charge is -2.25. The van der Waals surface area contributed by atoms with Crippen LogP contribution in [0.15, 0.2) is 156 Å².